The Morgan fingerprint density at radius 2 is 2.19 bits per heavy atom. The summed E-state index contributed by atoms with van der Waals surface area (Å²) in [6, 6.07) is 4.54. The molecule has 1 heterocycles. The molecular weight excluding hydrogens is 207 g/mol. The van der Waals surface area contributed by atoms with Crippen LogP contribution in [0.3, 0.4) is 0 Å². The van der Waals surface area contributed by atoms with Gasteiger partial charge in [0.2, 0.25) is 5.78 Å². The maximum absolute atomic E-state index is 13.6. The number of carbonyl (C=O) groups is 1. The van der Waals surface area contributed by atoms with Gasteiger partial charge in [-0.25, -0.2) is 9.37 Å². The van der Waals surface area contributed by atoms with E-state index in [9.17, 15) is 9.18 Å². The van der Waals surface area contributed by atoms with Crippen molar-refractivity contribution in [3.8, 4) is 0 Å². The Balaban J connectivity index is 2.46. The lowest BCUT2D eigenvalue weighted by molar-refractivity contribution is 0.102. The molecule has 0 aliphatic carbocycles. The van der Waals surface area contributed by atoms with Crippen molar-refractivity contribution in [2.45, 2.75) is 6.92 Å². The van der Waals surface area contributed by atoms with Gasteiger partial charge < -0.3 is 4.57 Å². The molecule has 0 fully saturated rings. The molecule has 0 aliphatic heterocycles. The van der Waals surface area contributed by atoms with E-state index < -0.39 is 11.6 Å². The number of carbonyl (C=O) groups excluding carboxylic acids is 1. The maximum atomic E-state index is 13.6. The molecule has 0 atom stereocenters. The molecule has 0 saturated heterocycles. The third kappa shape index (κ3) is 1.74. The molecule has 0 bridgehead atoms. The average Bonchev–Trinajstić information content (AvgIpc) is 2.63. The van der Waals surface area contributed by atoms with Crippen molar-refractivity contribution in [3.63, 3.8) is 0 Å². The van der Waals surface area contributed by atoms with Gasteiger partial charge in [0.25, 0.3) is 0 Å². The van der Waals surface area contributed by atoms with Crippen LogP contribution in [0, 0.1) is 12.7 Å². The highest BCUT2D eigenvalue weighted by Crippen LogP contribution is 2.13. The Kier molecular flexibility index (Phi) is 2.56. The van der Waals surface area contributed by atoms with Gasteiger partial charge in [0.05, 0.1) is 5.56 Å². The first-order valence-electron chi connectivity index (χ1n) is 4.88. The predicted molar refractivity (Wildman–Crippen MR) is 57.8 cm³/mol. The summed E-state index contributed by atoms with van der Waals surface area (Å²) in [6.45, 7) is 1.78. The van der Waals surface area contributed by atoms with Crippen LogP contribution in [-0.2, 0) is 7.05 Å². The maximum Gasteiger partial charge on any atom is 0.231 e. The molecule has 4 heteroatoms. The van der Waals surface area contributed by atoms with Crippen molar-refractivity contribution in [3.05, 3.63) is 53.4 Å². The quantitative estimate of drug-likeness (QED) is 0.723. The molecule has 2 aromatic rings. The number of halogens is 1. The summed E-state index contributed by atoms with van der Waals surface area (Å²) in [6.07, 6.45) is 3.17. The molecule has 1 aromatic carbocycles. The Bertz CT molecular complexity index is 546. The number of benzene rings is 1. The van der Waals surface area contributed by atoms with Crippen LogP contribution in [-0.4, -0.2) is 15.3 Å². The summed E-state index contributed by atoms with van der Waals surface area (Å²) in [5.41, 5.74) is 0.841. The highest BCUT2D eigenvalue weighted by Gasteiger charge is 2.17. The fraction of sp³-hybridized carbons (Fsp3) is 0.167. The molecule has 3 nitrogen and oxygen atoms in total. The summed E-state index contributed by atoms with van der Waals surface area (Å²) in [5.74, 6) is -0.666. The topological polar surface area (TPSA) is 34.9 Å². The molecule has 0 amide bonds. The van der Waals surface area contributed by atoms with E-state index in [1.54, 1.807) is 30.8 Å². The van der Waals surface area contributed by atoms with Gasteiger partial charge in [0, 0.05) is 19.4 Å². The summed E-state index contributed by atoms with van der Waals surface area (Å²) < 4.78 is 15.1. The molecule has 0 spiro atoms. The molecule has 1 aromatic heterocycles. The van der Waals surface area contributed by atoms with Crippen LogP contribution >= 0.6 is 0 Å². The third-order valence-corrected chi connectivity index (χ3v) is 2.39. The average molecular weight is 218 g/mol. The summed E-state index contributed by atoms with van der Waals surface area (Å²) in [7, 11) is 1.70. The van der Waals surface area contributed by atoms with Gasteiger partial charge in [0.15, 0.2) is 5.82 Å². The van der Waals surface area contributed by atoms with E-state index in [-0.39, 0.29) is 11.4 Å². The predicted octanol–water partition coefficient (Wildman–Crippen LogP) is 2.10. The first-order valence-corrected chi connectivity index (χ1v) is 4.88. The van der Waals surface area contributed by atoms with E-state index in [1.807, 2.05) is 0 Å². The fourth-order valence-corrected chi connectivity index (χ4v) is 1.51. The molecule has 2 rings (SSSR count). The third-order valence-electron chi connectivity index (χ3n) is 2.39. The van der Waals surface area contributed by atoms with Crippen molar-refractivity contribution < 1.29 is 9.18 Å². The van der Waals surface area contributed by atoms with Crippen LogP contribution < -0.4 is 0 Å². The fourth-order valence-electron chi connectivity index (χ4n) is 1.51. The van der Waals surface area contributed by atoms with Crippen molar-refractivity contribution >= 4 is 5.78 Å². The van der Waals surface area contributed by atoms with E-state index in [0.29, 0.717) is 0 Å². The molecule has 0 N–H and O–H groups in total. The van der Waals surface area contributed by atoms with Gasteiger partial charge in [-0.2, -0.15) is 0 Å². The second-order valence-corrected chi connectivity index (χ2v) is 3.67. The van der Waals surface area contributed by atoms with Gasteiger partial charge in [0.1, 0.15) is 5.82 Å². The van der Waals surface area contributed by atoms with Gasteiger partial charge in [-0.3, -0.25) is 4.79 Å². The van der Waals surface area contributed by atoms with Crippen LogP contribution in [0.15, 0.2) is 30.6 Å². The number of hydrogen-bond donors (Lipinski definition) is 0. The number of aromatic nitrogens is 2. The molecule has 82 valence electrons. The highest BCUT2D eigenvalue weighted by molar-refractivity contribution is 6.06. The van der Waals surface area contributed by atoms with E-state index in [1.165, 1.54) is 18.3 Å². The Hall–Kier alpha value is -1.97. The molecule has 0 aliphatic rings. The lowest BCUT2D eigenvalue weighted by Gasteiger charge is -2.03. The van der Waals surface area contributed by atoms with E-state index in [0.717, 1.165) is 5.56 Å². The van der Waals surface area contributed by atoms with E-state index in [2.05, 4.69) is 4.98 Å². The smallest absolute Gasteiger partial charge is 0.231 e. The van der Waals surface area contributed by atoms with Crippen LogP contribution in [0.25, 0.3) is 0 Å². The van der Waals surface area contributed by atoms with Gasteiger partial charge in [-0.05, 0) is 24.6 Å². The van der Waals surface area contributed by atoms with Crippen molar-refractivity contribution in [2.75, 3.05) is 0 Å². The second kappa shape index (κ2) is 3.89. The summed E-state index contributed by atoms with van der Waals surface area (Å²) in [5, 5.41) is 0. The first kappa shape index (κ1) is 10.5. The standard InChI is InChI=1S/C12H11FN2O/c1-8-3-4-9(10(13)7-8)11(16)12-14-5-6-15(12)2/h3-7H,1-2H3. The number of rotatable bonds is 2. The van der Waals surface area contributed by atoms with Crippen molar-refractivity contribution in [2.24, 2.45) is 7.05 Å². The number of aryl methyl sites for hydroxylation is 2. The Morgan fingerprint density at radius 1 is 1.44 bits per heavy atom. The lowest BCUT2D eigenvalue weighted by Crippen LogP contribution is -2.10. The van der Waals surface area contributed by atoms with Crippen LogP contribution in [0.2, 0.25) is 0 Å². The SMILES string of the molecule is Cc1ccc(C(=O)c2nccn2C)c(F)c1. The lowest BCUT2D eigenvalue weighted by atomic mass is 10.1. The van der Waals surface area contributed by atoms with Gasteiger partial charge >= 0.3 is 0 Å². The molecular formula is C12H11FN2O. The van der Waals surface area contributed by atoms with Crippen LogP contribution in [0.4, 0.5) is 4.39 Å². The van der Waals surface area contributed by atoms with Crippen molar-refractivity contribution in [1.82, 2.24) is 9.55 Å². The molecule has 0 unspecified atom stereocenters. The second-order valence-electron chi connectivity index (χ2n) is 3.67. The molecule has 0 radical (unpaired) electrons. The summed E-state index contributed by atoms with van der Waals surface area (Å²) in [4.78, 5) is 15.8. The minimum atomic E-state index is -0.506. The van der Waals surface area contributed by atoms with Crippen LogP contribution in [0.1, 0.15) is 21.7 Å². The van der Waals surface area contributed by atoms with Gasteiger partial charge in [-0.15, -0.1) is 0 Å². The number of ketones is 1. The largest absolute Gasteiger partial charge is 0.331 e. The first-order chi connectivity index (χ1) is 7.59. The highest BCUT2D eigenvalue weighted by atomic mass is 19.1. The van der Waals surface area contributed by atoms with Gasteiger partial charge in [-0.1, -0.05) is 6.07 Å². The molecule has 0 saturated carbocycles. The van der Waals surface area contributed by atoms with Crippen molar-refractivity contribution in [1.29, 1.82) is 0 Å². The molecule has 16 heavy (non-hydrogen) atoms. The Morgan fingerprint density at radius 3 is 2.75 bits per heavy atom. The van der Waals surface area contributed by atoms with Crippen LogP contribution in [0.5, 0.6) is 0 Å². The minimum Gasteiger partial charge on any atom is -0.331 e. The van der Waals surface area contributed by atoms with E-state index in [4.69, 9.17) is 0 Å². The number of imidazole rings is 1. The normalized spacial score (nSPS) is 10.4. The number of hydrogen-bond acceptors (Lipinski definition) is 2. The monoisotopic (exact) mass is 218 g/mol. The zero-order valence-corrected chi connectivity index (χ0v) is 9.07. The summed E-state index contributed by atoms with van der Waals surface area (Å²) >= 11 is 0. The zero-order chi connectivity index (χ0) is 11.7. The zero-order valence-electron chi connectivity index (χ0n) is 9.07. The minimum absolute atomic E-state index is 0.0555. The number of nitrogens with zero attached hydrogens (tertiary/aromatic N) is 2. The van der Waals surface area contributed by atoms with E-state index >= 15 is 0 Å². The Labute approximate surface area is 92.5 Å².